The summed E-state index contributed by atoms with van der Waals surface area (Å²) in [5, 5.41) is 0. The lowest BCUT2D eigenvalue weighted by molar-refractivity contribution is -0.198. The lowest BCUT2D eigenvalue weighted by atomic mass is 9.96. The molecule has 0 aliphatic heterocycles. The average molecular weight is 229 g/mol. The molecule has 92 valence electrons. The standard InChI is InChI=1S/C9H18F3NO2/c1-3-8(13,4-2)5-14-7-15-6-9(10,11)12/h3-7,13H2,1-2H3. The molecule has 15 heavy (non-hydrogen) atoms. The molecule has 0 rings (SSSR count). The maximum absolute atomic E-state index is 11.6. The lowest BCUT2D eigenvalue weighted by Crippen LogP contribution is -2.43. The van der Waals surface area contributed by atoms with Crippen LogP contribution in [0.15, 0.2) is 0 Å². The van der Waals surface area contributed by atoms with Crippen molar-refractivity contribution in [2.75, 3.05) is 20.0 Å². The molecule has 0 aliphatic rings. The van der Waals surface area contributed by atoms with Gasteiger partial charge in [-0.2, -0.15) is 13.2 Å². The van der Waals surface area contributed by atoms with Crippen molar-refractivity contribution in [1.82, 2.24) is 0 Å². The highest BCUT2D eigenvalue weighted by Crippen LogP contribution is 2.15. The third-order valence-electron chi connectivity index (χ3n) is 2.23. The minimum absolute atomic E-state index is 0.206. The van der Waals surface area contributed by atoms with Gasteiger partial charge in [0.1, 0.15) is 13.4 Å². The minimum Gasteiger partial charge on any atom is -0.354 e. The van der Waals surface area contributed by atoms with E-state index in [1.54, 1.807) is 0 Å². The Labute approximate surface area is 87.7 Å². The van der Waals surface area contributed by atoms with E-state index in [0.717, 1.165) is 0 Å². The Kier molecular flexibility index (Phi) is 6.16. The molecule has 0 aliphatic carbocycles. The fraction of sp³-hybridized carbons (Fsp3) is 1.00. The van der Waals surface area contributed by atoms with Crippen molar-refractivity contribution in [3.05, 3.63) is 0 Å². The van der Waals surface area contributed by atoms with E-state index in [1.807, 2.05) is 13.8 Å². The largest absolute Gasteiger partial charge is 0.411 e. The predicted molar refractivity (Wildman–Crippen MR) is 50.3 cm³/mol. The normalized spacial score (nSPS) is 13.2. The van der Waals surface area contributed by atoms with Crippen LogP contribution in [0.4, 0.5) is 13.2 Å². The van der Waals surface area contributed by atoms with Crippen molar-refractivity contribution in [3.63, 3.8) is 0 Å². The molecule has 0 atom stereocenters. The van der Waals surface area contributed by atoms with Crippen molar-refractivity contribution in [1.29, 1.82) is 0 Å². The van der Waals surface area contributed by atoms with Crippen molar-refractivity contribution in [3.8, 4) is 0 Å². The summed E-state index contributed by atoms with van der Waals surface area (Å²) in [5.74, 6) is 0. The molecule has 0 fully saturated rings. The zero-order valence-electron chi connectivity index (χ0n) is 9.06. The molecule has 2 N–H and O–H groups in total. The summed E-state index contributed by atoms with van der Waals surface area (Å²) in [7, 11) is 0. The van der Waals surface area contributed by atoms with Gasteiger partial charge in [0.2, 0.25) is 0 Å². The first-order valence-corrected chi connectivity index (χ1v) is 4.84. The maximum atomic E-state index is 11.6. The van der Waals surface area contributed by atoms with E-state index in [2.05, 4.69) is 4.74 Å². The quantitative estimate of drug-likeness (QED) is 0.537. The fourth-order valence-corrected chi connectivity index (χ4v) is 0.915. The summed E-state index contributed by atoms with van der Waals surface area (Å²) in [6, 6.07) is 0. The summed E-state index contributed by atoms with van der Waals surface area (Å²) >= 11 is 0. The van der Waals surface area contributed by atoms with E-state index in [0.29, 0.717) is 12.8 Å². The first-order chi connectivity index (χ1) is 6.83. The van der Waals surface area contributed by atoms with Gasteiger partial charge in [-0.15, -0.1) is 0 Å². The summed E-state index contributed by atoms with van der Waals surface area (Å²) in [5.41, 5.74) is 5.39. The molecule has 3 nitrogen and oxygen atoms in total. The number of alkyl halides is 3. The zero-order valence-corrected chi connectivity index (χ0v) is 9.06. The van der Waals surface area contributed by atoms with Crippen LogP contribution < -0.4 is 5.73 Å². The van der Waals surface area contributed by atoms with Crippen molar-refractivity contribution < 1.29 is 22.6 Å². The highest BCUT2D eigenvalue weighted by atomic mass is 19.4. The smallest absolute Gasteiger partial charge is 0.354 e. The van der Waals surface area contributed by atoms with Crippen LogP contribution in [0.3, 0.4) is 0 Å². The van der Waals surface area contributed by atoms with Crippen molar-refractivity contribution >= 4 is 0 Å². The molecular formula is C9H18F3NO2. The summed E-state index contributed by atoms with van der Waals surface area (Å²) < 4.78 is 44.1. The molecule has 6 heteroatoms. The molecule has 0 aromatic carbocycles. The van der Waals surface area contributed by atoms with Gasteiger partial charge < -0.3 is 15.2 Å². The van der Waals surface area contributed by atoms with E-state index < -0.39 is 18.3 Å². The number of hydrogen-bond donors (Lipinski definition) is 1. The number of halogens is 3. The van der Waals surface area contributed by atoms with E-state index in [-0.39, 0.29) is 13.4 Å². The van der Waals surface area contributed by atoms with Crippen molar-refractivity contribution in [2.45, 2.75) is 38.4 Å². The summed E-state index contributed by atoms with van der Waals surface area (Å²) in [4.78, 5) is 0. The van der Waals surface area contributed by atoms with Gasteiger partial charge in [0.25, 0.3) is 0 Å². The molecular weight excluding hydrogens is 211 g/mol. The molecule has 0 spiro atoms. The Morgan fingerprint density at radius 1 is 1.00 bits per heavy atom. The maximum Gasteiger partial charge on any atom is 0.411 e. The zero-order chi connectivity index (χ0) is 11.9. The Morgan fingerprint density at radius 2 is 1.47 bits per heavy atom. The first-order valence-electron chi connectivity index (χ1n) is 4.84. The third kappa shape index (κ3) is 7.58. The minimum atomic E-state index is -4.31. The van der Waals surface area contributed by atoms with E-state index in [4.69, 9.17) is 10.5 Å². The first kappa shape index (κ1) is 14.7. The van der Waals surface area contributed by atoms with E-state index in [9.17, 15) is 13.2 Å². The fourth-order valence-electron chi connectivity index (χ4n) is 0.915. The number of hydrogen-bond acceptors (Lipinski definition) is 3. The van der Waals surface area contributed by atoms with Crippen LogP contribution in [-0.4, -0.2) is 31.7 Å². The summed E-state index contributed by atoms with van der Waals surface area (Å²) in [6.45, 7) is 2.35. The van der Waals surface area contributed by atoms with Gasteiger partial charge in [-0.1, -0.05) is 13.8 Å². The topological polar surface area (TPSA) is 44.5 Å². The SMILES string of the molecule is CCC(N)(CC)COCOCC(F)(F)F. The highest BCUT2D eigenvalue weighted by Gasteiger charge is 2.27. The van der Waals surface area contributed by atoms with Crippen LogP contribution in [0, 0.1) is 0 Å². The Morgan fingerprint density at radius 3 is 1.87 bits per heavy atom. The monoisotopic (exact) mass is 229 g/mol. The lowest BCUT2D eigenvalue weighted by Gasteiger charge is -2.26. The second kappa shape index (κ2) is 6.30. The van der Waals surface area contributed by atoms with Gasteiger partial charge in [-0.05, 0) is 12.8 Å². The Hall–Kier alpha value is -0.330. The Bertz CT molecular complexity index is 169. The van der Waals surface area contributed by atoms with Gasteiger partial charge in [0.05, 0.1) is 6.61 Å². The van der Waals surface area contributed by atoms with Crippen LogP contribution in [-0.2, 0) is 9.47 Å². The molecule has 0 saturated heterocycles. The Balaban J connectivity index is 3.54. The van der Waals surface area contributed by atoms with E-state index >= 15 is 0 Å². The summed E-state index contributed by atoms with van der Waals surface area (Å²) in [6.07, 6.45) is -2.88. The predicted octanol–water partition coefficient (Wildman–Crippen LogP) is 2.06. The molecule has 0 aromatic rings. The van der Waals surface area contributed by atoms with Crippen molar-refractivity contribution in [2.24, 2.45) is 5.73 Å². The molecule has 0 bridgehead atoms. The molecule has 0 amide bonds. The van der Waals surface area contributed by atoms with Crippen LogP contribution in [0.5, 0.6) is 0 Å². The number of ether oxygens (including phenoxy) is 2. The molecule has 0 saturated carbocycles. The van der Waals surface area contributed by atoms with Crippen LogP contribution in [0.2, 0.25) is 0 Å². The van der Waals surface area contributed by atoms with Gasteiger partial charge in [0.15, 0.2) is 0 Å². The molecule has 0 unspecified atom stereocenters. The van der Waals surface area contributed by atoms with Crippen LogP contribution in [0.1, 0.15) is 26.7 Å². The molecule has 0 radical (unpaired) electrons. The van der Waals surface area contributed by atoms with Gasteiger partial charge >= 0.3 is 6.18 Å². The molecule has 0 aromatic heterocycles. The number of rotatable bonds is 7. The second-order valence-corrected chi connectivity index (χ2v) is 3.50. The average Bonchev–Trinajstić information content (AvgIpc) is 2.15. The van der Waals surface area contributed by atoms with Gasteiger partial charge in [0, 0.05) is 5.54 Å². The van der Waals surface area contributed by atoms with E-state index in [1.165, 1.54) is 0 Å². The van der Waals surface area contributed by atoms with Crippen LogP contribution >= 0.6 is 0 Å². The second-order valence-electron chi connectivity index (χ2n) is 3.50. The third-order valence-corrected chi connectivity index (χ3v) is 2.23. The number of nitrogens with two attached hydrogens (primary N) is 1. The highest BCUT2D eigenvalue weighted by molar-refractivity contribution is 4.79. The van der Waals surface area contributed by atoms with Crippen LogP contribution in [0.25, 0.3) is 0 Å². The molecule has 0 heterocycles. The van der Waals surface area contributed by atoms with Gasteiger partial charge in [-0.25, -0.2) is 0 Å². The van der Waals surface area contributed by atoms with Gasteiger partial charge in [-0.3, -0.25) is 0 Å².